The van der Waals surface area contributed by atoms with Crippen LogP contribution >= 0.6 is 11.3 Å². The highest BCUT2D eigenvalue weighted by atomic mass is 32.2. The van der Waals surface area contributed by atoms with E-state index in [2.05, 4.69) is 20.3 Å². The number of aromatic nitrogens is 3. The number of H-pyrrole nitrogens is 1. The highest BCUT2D eigenvalue weighted by molar-refractivity contribution is 7.85. The molecule has 0 amide bonds. The first kappa shape index (κ1) is 22.6. The Hall–Kier alpha value is -4.19. The molecule has 0 unspecified atom stereocenters. The van der Waals surface area contributed by atoms with Gasteiger partial charge in [0.1, 0.15) is 10.1 Å². The van der Waals surface area contributed by atoms with Crippen molar-refractivity contribution in [2.24, 2.45) is 10.2 Å². The molecule has 0 aliphatic carbocycles. The van der Waals surface area contributed by atoms with E-state index in [1.54, 1.807) is 0 Å². The lowest BCUT2D eigenvalue weighted by molar-refractivity contribution is 0.463. The van der Waals surface area contributed by atoms with Crippen LogP contribution in [0.2, 0.25) is 0 Å². The smallest absolute Gasteiger partial charge is 0.301 e. The van der Waals surface area contributed by atoms with Gasteiger partial charge < -0.3 is 4.55 Å². The summed E-state index contributed by atoms with van der Waals surface area (Å²) in [6.07, 6.45) is 0. The molecule has 0 spiro atoms. The molecule has 0 fully saturated rings. The summed E-state index contributed by atoms with van der Waals surface area (Å²) in [4.78, 5) is 17.6. The average molecular weight is 503 g/mol. The summed E-state index contributed by atoms with van der Waals surface area (Å²) in [5, 5.41) is 13.6. The predicted molar refractivity (Wildman–Crippen MR) is 132 cm³/mol. The largest absolute Gasteiger partial charge is 0.744 e. The third-order valence-electron chi connectivity index (χ3n) is 5.07. The first-order valence-corrected chi connectivity index (χ1v) is 12.6. The number of nitrogens with zero attached hydrogens (tertiary/aromatic N) is 4. The van der Waals surface area contributed by atoms with Crippen molar-refractivity contribution < 1.29 is 13.0 Å². The number of aromatic amines is 1. The zero-order valence-corrected chi connectivity index (χ0v) is 19.5. The van der Waals surface area contributed by atoms with Crippen molar-refractivity contribution in [2.45, 2.75) is 4.90 Å². The Bertz CT molecular complexity index is 1670. The second-order valence-corrected chi connectivity index (χ2v) is 9.59. The van der Waals surface area contributed by atoms with Gasteiger partial charge in [-0.25, -0.2) is 13.4 Å². The quantitative estimate of drug-likeness (QED) is 0.249. The van der Waals surface area contributed by atoms with Crippen molar-refractivity contribution in [3.63, 3.8) is 0 Å². The summed E-state index contributed by atoms with van der Waals surface area (Å²) in [6.45, 7) is 0. The molecule has 174 valence electrons. The van der Waals surface area contributed by atoms with Crippen LogP contribution in [0.4, 0.5) is 11.4 Å². The molecule has 0 bridgehead atoms. The Labute approximate surface area is 203 Å². The minimum atomic E-state index is -4.57. The van der Waals surface area contributed by atoms with Gasteiger partial charge in [-0.05, 0) is 24.3 Å². The maximum absolute atomic E-state index is 13.3. The van der Waals surface area contributed by atoms with Gasteiger partial charge in [0, 0.05) is 16.5 Å². The number of rotatable bonds is 6. The lowest BCUT2D eigenvalue weighted by Crippen LogP contribution is -2.13. The Kier molecular flexibility index (Phi) is 5.95. The van der Waals surface area contributed by atoms with Gasteiger partial charge in [0.15, 0.2) is 5.69 Å². The van der Waals surface area contributed by atoms with Gasteiger partial charge in [0.05, 0.1) is 22.0 Å². The number of hydrogen-bond donors (Lipinski definition) is 1. The maximum Gasteiger partial charge on any atom is 0.301 e. The fourth-order valence-corrected chi connectivity index (χ4v) is 4.62. The van der Waals surface area contributed by atoms with Crippen molar-refractivity contribution in [3.05, 3.63) is 101 Å². The number of benzene rings is 3. The number of azo groups is 1. The molecule has 0 aliphatic rings. The third kappa shape index (κ3) is 4.73. The SMILES string of the molecule is O=c1c(N=Nc2ccc(S(=O)(=O)[O-])cc2)c(-c2ccccc2)[nH]n1-c1nc(-c2ccccc2)cs1. The molecule has 35 heavy (non-hydrogen) atoms. The topological polar surface area (TPSA) is 133 Å². The molecule has 9 nitrogen and oxygen atoms in total. The molecule has 5 aromatic rings. The van der Waals surface area contributed by atoms with Gasteiger partial charge in [-0.3, -0.25) is 9.89 Å². The fraction of sp³-hybridized carbons (Fsp3) is 0. The van der Waals surface area contributed by atoms with E-state index in [9.17, 15) is 17.8 Å². The molecule has 11 heteroatoms. The van der Waals surface area contributed by atoms with Crippen molar-refractivity contribution in [3.8, 4) is 27.6 Å². The molecule has 3 aromatic carbocycles. The van der Waals surface area contributed by atoms with Gasteiger partial charge in [-0.1, -0.05) is 60.7 Å². The first-order chi connectivity index (χ1) is 16.9. The van der Waals surface area contributed by atoms with Crippen molar-refractivity contribution in [1.82, 2.24) is 14.8 Å². The van der Waals surface area contributed by atoms with E-state index >= 15 is 0 Å². The summed E-state index contributed by atoms with van der Waals surface area (Å²) < 4.78 is 34.7. The van der Waals surface area contributed by atoms with E-state index in [4.69, 9.17) is 0 Å². The van der Waals surface area contributed by atoms with Crippen LogP contribution in [0.5, 0.6) is 0 Å². The molecule has 0 aliphatic heterocycles. The van der Waals surface area contributed by atoms with E-state index in [-0.39, 0.29) is 16.3 Å². The van der Waals surface area contributed by atoms with Crippen LogP contribution in [0.25, 0.3) is 27.6 Å². The van der Waals surface area contributed by atoms with Crippen LogP contribution in [0.15, 0.2) is 110 Å². The lowest BCUT2D eigenvalue weighted by Gasteiger charge is -2.05. The maximum atomic E-state index is 13.3. The van der Waals surface area contributed by atoms with Gasteiger partial charge in [-0.15, -0.1) is 16.5 Å². The Morgan fingerprint density at radius 1 is 0.857 bits per heavy atom. The first-order valence-electron chi connectivity index (χ1n) is 10.3. The van der Waals surface area contributed by atoms with Crippen LogP contribution in [-0.2, 0) is 10.1 Å². The standard InChI is InChI=1S/C24H17N5O4S2/c30-23-22(27-26-18-11-13-19(14-12-18)35(31,32)33)21(17-9-5-2-6-10-17)28-29(23)24-25-20(15-34-24)16-7-3-1-4-8-16/h1-15,28H,(H,31,32,33)/p-1. The molecule has 0 saturated carbocycles. The summed E-state index contributed by atoms with van der Waals surface area (Å²) in [6, 6.07) is 23.8. The Morgan fingerprint density at radius 3 is 2.11 bits per heavy atom. The number of thiazole rings is 1. The van der Waals surface area contributed by atoms with Gasteiger partial charge in [0.25, 0.3) is 0 Å². The Balaban J connectivity index is 1.57. The number of nitrogens with one attached hydrogen (secondary N) is 1. The van der Waals surface area contributed by atoms with E-state index in [1.165, 1.54) is 28.2 Å². The normalized spacial score (nSPS) is 11.8. The van der Waals surface area contributed by atoms with E-state index in [0.717, 1.165) is 29.0 Å². The summed E-state index contributed by atoms with van der Waals surface area (Å²) >= 11 is 1.31. The monoisotopic (exact) mass is 502 g/mol. The second-order valence-electron chi connectivity index (χ2n) is 7.37. The molecule has 5 rings (SSSR count). The minimum absolute atomic E-state index is 0.0631. The lowest BCUT2D eigenvalue weighted by atomic mass is 10.1. The predicted octanol–water partition coefficient (Wildman–Crippen LogP) is 5.28. The van der Waals surface area contributed by atoms with E-state index < -0.39 is 15.7 Å². The third-order valence-corrected chi connectivity index (χ3v) is 6.75. The molecular formula is C24H16N5O4S2-. The van der Waals surface area contributed by atoms with Crippen molar-refractivity contribution >= 4 is 32.8 Å². The molecule has 0 saturated heterocycles. The second kappa shape index (κ2) is 9.22. The molecule has 0 radical (unpaired) electrons. The molecule has 2 heterocycles. The summed E-state index contributed by atoms with van der Waals surface area (Å²) in [7, 11) is -4.57. The summed E-state index contributed by atoms with van der Waals surface area (Å²) in [5.74, 6) is 0. The molecule has 2 aromatic heterocycles. The number of hydrogen-bond acceptors (Lipinski definition) is 8. The molecular weight excluding hydrogens is 486 g/mol. The average Bonchev–Trinajstić information content (AvgIpc) is 3.48. The van der Waals surface area contributed by atoms with Crippen molar-refractivity contribution in [1.29, 1.82) is 0 Å². The van der Waals surface area contributed by atoms with Gasteiger partial charge in [0.2, 0.25) is 5.13 Å². The van der Waals surface area contributed by atoms with Crippen molar-refractivity contribution in [2.75, 3.05) is 0 Å². The molecule has 1 N–H and O–H groups in total. The highest BCUT2D eigenvalue weighted by Gasteiger charge is 2.19. The fourth-order valence-electron chi connectivity index (χ4n) is 3.36. The highest BCUT2D eigenvalue weighted by Crippen LogP contribution is 2.30. The van der Waals surface area contributed by atoms with Gasteiger partial charge in [-0.2, -0.15) is 9.80 Å². The van der Waals surface area contributed by atoms with Crippen LogP contribution < -0.4 is 5.56 Å². The van der Waals surface area contributed by atoms with Crippen LogP contribution in [-0.4, -0.2) is 27.7 Å². The summed E-state index contributed by atoms with van der Waals surface area (Å²) in [5.41, 5.74) is 2.75. The molecule has 0 atom stereocenters. The van der Waals surface area contributed by atoms with E-state index in [0.29, 0.717) is 10.8 Å². The van der Waals surface area contributed by atoms with Crippen LogP contribution in [0, 0.1) is 0 Å². The van der Waals surface area contributed by atoms with Crippen LogP contribution in [0.3, 0.4) is 0 Å². The van der Waals surface area contributed by atoms with E-state index in [1.807, 2.05) is 66.0 Å². The zero-order valence-electron chi connectivity index (χ0n) is 17.9. The zero-order chi connectivity index (χ0) is 24.4. The van der Waals surface area contributed by atoms with Crippen LogP contribution in [0.1, 0.15) is 0 Å². The minimum Gasteiger partial charge on any atom is -0.744 e. The van der Waals surface area contributed by atoms with Gasteiger partial charge >= 0.3 is 5.56 Å². The Morgan fingerprint density at radius 2 is 1.49 bits per heavy atom.